The lowest BCUT2D eigenvalue weighted by atomic mass is 9.86. The molecule has 0 fully saturated rings. The van der Waals surface area contributed by atoms with Gasteiger partial charge < -0.3 is 4.40 Å². The van der Waals surface area contributed by atoms with Crippen LogP contribution in [0.25, 0.3) is 59.9 Å². The Morgan fingerprint density at radius 3 is 2.17 bits per heavy atom. The molecule has 0 N–H and O–H groups in total. The van der Waals surface area contributed by atoms with Gasteiger partial charge in [-0.15, -0.1) is 0 Å². The van der Waals surface area contributed by atoms with Gasteiger partial charge in [-0.05, 0) is 93.7 Å². The van der Waals surface area contributed by atoms with Crippen LogP contribution in [0.3, 0.4) is 0 Å². The van der Waals surface area contributed by atoms with Crippen LogP contribution < -0.4 is 4.57 Å². The van der Waals surface area contributed by atoms with Gasteiger partial charge in [-0.25, -0.2) is 4.57 Å². The van der Waals surface area contributed by atoms with Crippen LogP contribution in [0.1, 0.15) is 63.8 Å². The molecule has 3 heteroatoms. The maximum atomic E-state index is 4.91. The molecule has 7 rings (SSSR count). The number of benzene rings is 4. The Hall–Kier alpha value is -3.72. The topological polar surface area (TPSA) is 21.2 Å². The molecule has 0 aliphatic rings. The quantitative estimate of drug-likeness (QED) is 0.125. The second-order valence-electron chi connectivity index (χ2n) is 14.5. The fraction of sp³-hybridized carbons (Fsp3) is 0.351. The summed E-state index contributed by atoms with van der Waals surface area (Å²) in [4.78, 5) is 4.91. The van der Waals surface area contributed by atoms with Crippen LogP contribution in [0.5, 0.6) is 0 Å². The summed E-state index contributed by atoms with van der Waals surface area (Å²) >= 11 is 0. The first kappa shape index (κ1) is 25.3. The molecule has 0 aliphatic carbocycles. The molecule has 3 nitrogen and oxygen atoms in total. The van der Waals surface area contributed by atoms with Crippen molar-refractivity contribution in [1.29, 1.82) is 0 Å². The third-order valence-electron chi connectivity index (χ3n) is 8.75. The minimum absolute atomic E-state index is 0.199. The molecule has 0 unspecified atom stereocenters. The minimum atomic E-state index is 0.199. The van der Waals surface area contributed by atoms with Gasteiger partial charge in [0.15, 0.2) is 5.52 Å². The molecular formula is C37H40N3+. The molecular weight excluding hydrogens is 486 g/mol. The van der Waals surface area contributed by atoms with E-state index in [-0.39, 0.29) is 10.8 Å². The molecule has 202 valence electrons. The first-order chi connectivity index (χ1) is 18.8. The highest BCUT2D eigenvalue weighted by atomic mass is 15.0. The normalized spacial score (nSPS) is 13.3. The van der Waals surface area contributed by atoms with E-state index in [1.54, 1.807) is 0 Å². The van der Waals surface area contributed by atoms with Crippen molar-refractivity contribution in [2.75, 3.05) is 0 Å². The molecule has 0 amide bonds. The lowest BCUT2D eigenvalue weighted by molar-refractivity contribution is -0.646. The van der Waals surface area contributed by atoms with E-state index >= 15 is 0 Å². The van der Waals surface area contributed by atoms with Crippen molar-refractivity contribution in [3.8, 4) is 0 Å². The number of rotatable bonds is 2. The van der Waals surface area contributed by atoms with Crippen molar-refractivity contribution in [3.63, 3.8) is 0 Å². The Kier molecular flexibility index (Phi) is 5.15. The maximum absolute atomic E-state index is 4.91. The van der Waals surface area contributed by atoms with Crippen molar-refractivity contribution >= 4 is 59.9 Å². The van der Waals surface area contributed by atoms with Gasteiger partial charge in [-0.1, -0.05) is 71.9 Å². The molecule has 40 heavy (non-hydrogen) atoms. The Morgan fingerprint density at radius 2 is 1.45 bits per heavy atom. The highest BCUT2D eigenvalue weighted by Gasteiger charge is 2.27. The number of nitrogens with zero attached hydrogens (tertiary/aromatic N) is 3. The summed E-state index contributed by atoms with van der Waals surface area (Å²) < 4.78 is 4.82. The Bertz CT molecular complexity index is 2150. The lowest BCUT2D eigenvalue weighted by Gasteiger charge is -2.21. The predicted octanol–water partition coefficient (Wildman–Crippen LogP) is 9.16. The molecule has 7 aromatic rings. The summed E-state index contributed by atoms with van der Waals surface area (Å²) in [5.74, 6) is 0. The van der Waals surface area contributed by atoms with E-state index in [2.05, 4.69) is 120 Å². The van der Waals surface area contributed by atoms with Crippen molar-refractivity contribution in [2.24, 2.45) is 17.9 Å². The van der Waals surface area contributed by atoms with E-state index in [1.807, 2.05) is 6.33 Å². The van der Waals surface area contributed by atoms with Crippen molar-refractivity contribution in [3.05, 3.63) is 77.1 Å². The molecule has 4 aromatic carbocycles. The highest BCUT2D eigenvalue weighted by molar-refractivity contribution is 6.28. The van der Waals surface area contributed by atoms with E-state index in [0.29, 0.717) is 0 Å². The number of hydrogen-bond donors (Lipinski definition) is 0. The summed E-state index contributed by atoms with van der Waals surface area (Å²) in [5.41, 5.74) is 12.2. The van der Waals surface area contributed by atoms with Gasteiger partial charge in [0.2, 0.25) is 0 Å². The first-order valence-electron chi connectivity index (χ1n) is 14.6. The first-order valence-corrected chi connectivity index (χ1v) is 14.6. The van der Waals surface area contributed by atoms with Gasteiger partial charge in [0.1, 0.15) is 5.52 Å². The van der Waals surface area contributed by atoms with Crippen LogP contribution in [0.15, 0.2) is 54.9 Å². The zero-order chi connectivity index (χ0) is 28.3. The fourth-order valence-electron chi connectivity index (χ4n) is 7.34. The Balaban J connectivity index is 1.76. The molecule has 0 radical (unpaired) electrons. The zero-order valence-corrected chi connectivity index (χ0v) is 25.5. The standard InChI is InChI=1S/C37H40N3/c1-21-27-17-23(18-36(3,4)5)13-14-25(27)22(2)33-30(21)35-32-28(38-20-39(35)9)16-15-26-31-24(19-37(6,7)8)11-10-12-29(31)40(33)34(26)32/h10-17,20H,18-19H2,1-9H3/q+1. The molecule has 0 spiro atoms. The SMILES string of the molecule is Cc1c2cc(CC(C)(C)C)ccc2c(C)c2c1c1c3c(ccc4c5c(CC(C)(C)C)cccc5n2c43)nc[n+]1C. The molecule has 0 saturated heterocycles. The van der Waals surface area contributed by atoms with Gasteiger partial charge in [-0.3, -0.25) is 0 Å². The number of hydrogen-bond acceptors (Lipinski definition) is 1. The van der Waals surface area contributed by atoms with Gasteiger partial charge in [0.05, 0.1) is 34.4 Å². The van der Waals surface area contributed by atoms with E-state index in [0.717, 1.165) is 18.4 Å². The smallest absolute Gasteiger partial charge is 0.287 e. The van der Waals surface area contributed by atoms with Gasteiger partial charge in [0.25, 0.3) is 6.33 Å². The second kappa shape index (κ2) is 8.16. The molecule has 0 saturated carbocycles. The second-order valence-corrected chi connectivity index (χ2v) is 14.5. The lowest BCUT2D eigenvalue weighted by Crippen LogP contribution is -2.30. The summed E-state index contributed by atoms with van der Waals surface area (Å²) in [7, 11) is 2.16. The fourth-order valence-corrected chi connectivity index (χ4v) is 7.34. The van der Waals surface area contributed by atoms with Crippen LogP contribution >= 0.6 is 0 Å². The number of fused-ring (bicyclic) bond motifs is 7. The monoisotopic (exact) mass is 526 g/mol. The van der Waals surface area contributed by atoms with E-state index in [1.165, 1.54) is 76.6 Å². The highest BCUT2D eigenvalue weighted by Crippen LogP contribution is 2.45. The average Bonchev–Trinajstić information content (AvgIpc) is 3.21. The molecule has 3 heterocycles. The van der Waals surface area contributed by atoms with E-state index in [4.69, 9.17) is 4.98 Å². The average molecular weight is 527 g/mol. The summed E-state index contributed by atoms with van der Waals surface area (Å²) in [6, 6.07) is 18.6. The Morgan fingerprint density at radius 1 is 0.725 bits per heavy atom. The van der Waals surface area contributed by atoms with Crippen molar-refractivity contribution in [1.82, 2.24) is 9.38 Å². The Labute approximate surface area is 236 Å². The predicted molar refractivity (Wildman–Crippen MR) is 171 cm³/mol. The largest absolute Gasteiger partial charge is 0.307 e. The number of aryl methyl sites for hydroxylation is 3. The van der Waals surface area contributed by atoms with Crippen LogP contribution in [-0.2, 0) is 19.9 Å². The zero-order valence-electron chi connectivity index (χ0n) is 25.5. The maximum Gasteiger partial charge on any atom is 0.287 e. The van der Waals surface area contributed by atoms with Crippen LogP contribution in [0, 0.1) is 24.7 Å². The summed E-state index contributed by atoms with van der Waals surface area (Å²) in [6.07, 6.45) is 4.09. The van der Waals surface area contributed by atoms with Crippen LogP contribution in [-0.4, -0.2) is 9.38 Å². The van der Waals surface area contributed by atoms with Crippen molar-refractivity contribution < 1.29 is 4.57 Å². The van der Waals surface area contributed by atoms with Gasteiger partial charge in [-0.2, -0.15) is 0 Å². The molecule has 0 aliphatic heterocycles. The molecule has 0 atom stereocenters. The minimum Gasteiger partial charge on any atom is -0.307 e. The van der Waals surface area contributed by atoms with E-state index < -0.39 is 0 Å². The van der Waals surface area contributed by atoms with Crippen molar-refractivity contribution in [2.45, 2.75) is 68.2 Å². The van der Waals surface area contributed by atoms with Gasteiger partial charge >= 0.3 is 0 Å². The van der Waals surface area contributed by atoms with Crippen LogP contribution in [0.4, 0.5) is 0 Å². The van der Waals surface area contributed by atoms with Crippen LogP contribution in [0.2, 0.25) is 0 Å². The van der Waals surface area contributed by atoms with Gasteiger partial charge in [0, 0.05) is 10.8 Å². The van der Waals surface area contributed by atoms with E-state index in [9.17, 15) is 0 Å². The third kappa shape index (κ3) is 3.56. The summed E-state index contributed by atoms with van der Waals surface area (Å²) in [6.45, 7) is 18.6. The molecule has 3 aromatic heterocycles. The molecule has 0 bridgehead atoms. The summed E-state index contributed by atoms with van der Waals surface area (Å²) in [5, 5.41) is 8.04. The number of aromatic nitrogens is 3. The number of pyridine rings is 1. The third-order valence-corrected chi connectivity index (χ3v) is 8.75.